The molecule has 130 valence electrons. The van der Waals surface area contributed by atoms with Crippen LogP contribution in [0.1, 0.15) is 63.5 Å². The molecule has 2 N–H and O–H groups in total. The zero-order valence-electron chi connectivity index (χ0n) is 14.5. The van der Waals surface area contributed by atoms with Crippen LogP contribution in [0.2, 0.25) is 0 Å². The van der Waals surface area contributed by atoms with Crippen molar-refractivity contribution in [2.75, 3.05) is 17.2 Å². The summed E-state index contributed by atoms with van der Waals surface area (Å²) in [4.78, 5) is 11.4. The van der Waals surface area contributed by atoms with Crippen molar-refractivity contribution in [3.63, 3.8) is 0 Å². The van der Waals surface area contributed by atoms with Crippen LogP contribution in [0.15, 0.2) is 18.2 Å². The maximum atomic E-state index is 11.4. The number of hydrogen-bond donors (Lipinski definition) is 2. The Morgan fingerprint density at radius 3 is 2.79 bits per heavy atom. The first-order valence-electron chi connectivity index (χ1n) is 9.52. The van der Waals surface area contributed by atoms with Gasteiger partial charge in [-0.1, -0.05) is 19.3 Å². The lowest BCUT2D eigenvalue weighted by atomic mass is 9.71. The maximum absolute atomic E-state index is 11.4. The largest absolute Gasteiger partial charge is 0.381 e. The van der Waals surface area contributed by atoms with Gasteiger partial charge in [-0.15, -0.1) is 0 Å². The molecule has 0 radical (unpaired) electrons. The van der Waals surface area contributed by atoms with E-state index in [1.165, 1.54) is 49.8 Å². The molecule has 2 fully saturated rings. The molecule has 0 unspecified atom stereocenters. The third-order valence-electron chi connectivity index (χ3n) is 5.99. The van der Waals surface area contributed by atoms with Gasteiger partial charge in [0.2, 0.25) is 5.91 Å². The minimum atomic E-state index is -0.0279. The van der Waals surface area contributed by atoms with Gasteiger partial charge in [0, 0.05) is 42.4 Å². The SMILES string of the molecule is CC(=O)Nc1ccc2c(c1)[C@H]1OCCC[C@H]1[C@@H](C1CCCCC1)N2. The van der Waals surface area contributed by atoms with Crippen molar-refractivity contribution in [1.29, 1.82) is 0 Å². The van der Waals surface area contributed by atoms with Crippen molar-refractivity contribution in [2.24, 2.45) is 11.8 Å². The normalized spacial score (nSPS) is 30.0. The van der Waals surface area contributed by atoms with Gasteiger partial charge in [0.1, 0.15) is 0 Å². The van der Waals surface area contributed by atoms with Crippen LogP contribution in [-0.4, -0.2) is 18.6 Å². The van der Waals surface area contributed by atoms with E-state index >= 15 is 0 Å². The number of amides is 1. The number of benzene rings is 1. The Morgan fingerprint density at radius 2 is 2.00 bits per heavy atom. The van der Waals surface area contributed by atoms with Crippen LogP contribution in [0, 0.1) is 11.8 Å². The topological polar surface area (TPSA) is 50.4 Å². The number of ether oxygens (including phenoxy) is 1. The monoisotopic (exact) mass is 328 g/mol. The molecule has 0 aromatic heterocycles. The van der Waals surface area contributed by atoms with Gasteiger partial charge < -0.3 is 15.4 Å². The summed E-state index contributed by atoms with van der Waals surface area (Å²) >= 11 is 0. The lowest BCUT2D eigenvalue weighted by molar-refractivity contribution is -0.114. The van der Waals surface area contributed by atoms with Crippen molar-refractivity contribution in [3.8, 4) is 0 Å². The van der Waals surface area contributed by atoms with Gasteiger partial charge in [-0.2, -0.15) is 0 Å². The molecule has 1 aromatic rings. The van der Waals surface area contributed by atoms with Crippen LogP contribution in [0.3, 0.4) is 0 Å². The van der Waals surface area contributed by atoms with E-state index in [0.717, 1.165) is 24.6 Å². The van der Waals surface area contributed by atoms with E-state index in [0.29, 0.717) is 12.0 Å². The van der Waals surface area contributed by atoms with E-state index in [1.54, 1.807) is 6.92 Å². The molecule has 3 aliphatic rings. The van der Waals surface area contributed by atoms with E-state index in [9.17, 15) is 4.79 Å². The van der Waals surface area contributed by atoms with Crippen LogP contribution < -0.4 is 10.6 Å². The highest BCUT2D eigenvalue weighted by Gasteiger charge is 2.42. The Kier molecular flexibility index (Phi) is 4.49. The Balaban J connectivity index is 1.65. The highest BCUT2D eigenvalue weighted by molar-refractivity contribution is 5.89. The Morgan fingerprint density at radius 1 is 1.17 bits per heavy atom. The number of anilines is 2. The van der Waals surface area contributed by atoms with Crippen LogP contribution in [0.5, 0.6) is 0 Å². The smallest absolute Gasteiger partial charge is 0.221 e. The molecule has 1 aliphatic carbocycles. The zero-order valence-corrected chi connectivity index (χ0v) is 14.5. The first kappa shape index (κ1) is 15.9. The van der Waals surface area contributed by atoms with Crippen LogP contribution >= 0.6 is 0 Å². The Hall–Kier alpha value is -1.55. The first-order valence-corrected chi connectivity index (χ1v) is 9.52. The van der Waals surface area contributed by atoms with Gasteiger partial charge in [-0.3, -0.25) is 4.79 Å². The lowest BCUT2D eigenvalue weighted by Gasteiger charge is -2.47. The average molecular weight is 328 g/mol. The number of carbonyl (C=O) groups is 1. The first-order chi connectivity index (χ1) is 11.7. The van der Waals surface area contributed by atoms with Crippen molar-refractivity contribution < 1.29 is 9.53 Å². The van der Waals surface area contributed by atoms with E-state index in [1.807, 2.05) is 6.07 Å². The third-order valence-corrected chi connectivity index (χ3v) is 5.99. The second-order valence-electron chi connectivity index (χ2n) is 7.65. The van der Waals surface area contributed by atoms with E-state index in [4.69, 9.17) is 4.74 Å². The molecule has 1 aromatic carbocycles. The molecule has 24 heavy (non-hydrogen) atoms. The summed E-state index contributed by atoms with van der Waals surface area (Å²) in [6.45, 7) is 2.40. The summed E-state index contributed by atoms with van der Waals surface area (Å²) in [5.41, 5.74) is 3.29. The summed E-state index contributed by atoms with van der Waals surface area (Å²) < 4.78 is 6.24. The lowest BCUT2D eigenvalue weighted by Crippen LogP contribution is -2.46. The molecule has 2 heterocycles. The van der Waals surface area contributed by atoms with Gasteiger partial charge in [-0.05, 0) is 49.8 Å². The van der Waals surface area contributed by atoms with Crippen LogP contribution in [0.25, 0.3) is 0 Å². The summed E-state index contributed by atoms with van der Waals surface area (Å²) in [5.74, 6) is 1.30. The van der Waals surface area contributed by atoms with E-state index < -0.39 is 0 Å². The third kappa shape index (κ3) is 3.04. The quantitative estimate of drug-likeness (QED) is 0.841. The van der Waals surface area contributed by atoms with Gasteiger partial charge in [0.05, 0.1) is 6.10 Å². The van der Waals surface area contributed by atoms with Crippen molar-refractivity contribution >= 4 is 17.3 Å². The van der Waals surface area contributed by atoms with Crippen LogP contribution in [-0.2, 0) is 9.53 Å². The van der Waals surface area contributed by atoms with Crippen molar-refractivity contribution in [3.05, 3.63) is 23.8 Å². The number of nitrogens with one attached hydrogen (secondary N) is 2. The van der Waals surface area contributed by atoms with Crippen molar-refractivity contribution in [1.82, 2.24) is 0 Å². The summed E-state index contributed by atoms with van der Waals surface area (Å²) in [6, 6.07) is 6.75. The zero-order chi connectivity index (χ0) is 16.5. The predicted molar refractivity (Wildman–Crippen MR) is 96.1 cm³/mol. The second kappa shape index (κ2) is 6.75. The molecular formula is C20H28N2O2. The molecule has 4 nitrogen and oxygen atoms in total. The molecule has 1 saturated heterocycles. The van der Waals surface area contributed by atoms with E-state index in [-0.39, 0.29) is 12.0 Å². The number of hydrogen-bond acceptors (Lipinski definition) is 3. The minimum Gasteiger partial charge on any atom is -0.381 e. The van der Waals surface area contributed by atoms with Gasteiger partial charge >= 0.3 is 0 Å². The number of rotatable bonds is 2. The predicted octanol–water partition coefficient (Wildman–Crippen LogP) is 4.49. The molecule has 0 spiro atoms. The molecule has 3 atom stereocenters. The standard InChI is InChI=1S/C20H28N2O2/c1-13(23)21-15-9-10-18-17(12-15)20-16(8-5-11-24-20)19(22-18)14-6-3-2-4-7-14/h9-10,12,14,16,19-20,22H,2-8,11H2,1H3,(H,21,23)/t16-,19+,20-/m0/s1. The van der Waals surface area contributed by atoms with Gasteiger partial charge in [0.15, 0.2) is 0 Å². The fourth-order valence-corrected chi connectivity index (χ4v) is 4.95. The summed E-state index contributed by atoms with van der Waals surface area (Å²) in [7, 11) is 0. The average Bonchev–Trinajstić information content (AvgIpc) is 2.61. The van der Waals surface area contributed by atoms with Gasteiger partial charge in [0.25, 0.3) is 0 Å². The fourth-order valence-electron chi connectivity index (χ4n) is 4.95. The minimum absolute atomic E-state index is 0.0279. The molecule has 0 bridgehead atoms. The maximum Gasteiger partial charge on any atom is 0.221 e. The Labute approximate surface area is 144 Å². The highest BCUT2D eigenvalue weighted by Crippen LogP contribution is 2.48. The molecular weight excluding hydrogens is 300 g/mol. The van der Waals surface area contributed by atoms with Crippen LogP contribution in [0.4, 0.5) is 11.4 Å². The fraction of sp³-hybridized carbons (Fsp3) is 0.650. The molecule has 2 aliphatic heterocycles. The van der Waals surface area contributed by atoms with Crippen molar-refractivity contribution in [2.45, 2.75) is 64.0 Å². The van der Waals surface area contributed by atoms with E-state index in [2.05, 4.69) is 22.8 Å². The molecule has 1 amide bonds. The number of carbonyl (C=O) groups excluding carboxylic acids is 1. The molecule has 1 saturated carbocycles. The second-order valence-corrected chi connectivity index (χ2v) is 7.65. The molecule has 4 rings (SSSR count). The Bertz CT molecular complexity index is 610. The summed E-state index contributed by atoms with van der Waals surface area (Å²) in [6.07, 6.45) is 9.40. The summed E-state index contributed by atoms with van der Waals surface area (Å²) in [5, 5.41) is 6.76. The highest BCUT2D eigenvalue weighted by atomic mass is 16.5. The molecule has 4 heteroatoms. The number of fused-ring (bicyclic) bond motifs is 3. The van der Waals surface area contributed by atoms with Gasteiger partial charge in [-0.25, -0.2) is 0 Å².